The quantitative estimate of drug-likeness (QED) is 0.419. The first-order valence-electron chi connectivity index (χ1n) is 2.66. The lowest BCUT2D eigenvalue weighted by Crippen LogP contribution is -2.39. The Hall–Kier alpha value is -1.10. The van der Waals surface area contributed by atoms with Gasteiger partial charge in [0.15, 0.2) is 0 Å². The van der Waals surface area contributed by atoms with E-state index in [4.69, 9.17) is 0 Å². The summed E-state index contributed by atoms with van der Waals surface area (Å²) in [7, 11) is 0. The topological polar surface area (TPSA) is 89.7 Å². The normalized spacial score (nSPS) is 21.0. The molecule has 0 radical (unpaired) electrons. The summed E-state index contributed by atoms with van der Waals surface area (Å²) >= 11 is 0. The molecule has 58 valence electrons. The number of hydrogen-bond donors (Lipinski definition) is 2. The highest BCUT2D eigenvalue weighted by Crippen LogP contribution is 2.05. The van der Waals surface area contributed by atoms with Crippen molar-refractivity contribution in [3.05, 3.63) is 0 Å². The van der Waals surface area contributed by atoms with E-state index in [2.05, 4.69) is 10.6 Å². The van der Waals surface area contributed by atoms with E-state index >= 15 is 0 Å². The molecule has 0 unspecified atom stereocenters. The average molecular weight is 146 g/mol. The zero-order valence-electron chi connectivity index (χ0n) is 5.82. The van der Waals surface area contributed by atoms with Gasteiger partial charge in [-0.3, -0.25) is 10.1 Å². The Bertz CT molecular complexity index is 176. The van der Waals surface area contributed by atoms with E-state index < -0.39 is 11.6 Å². The van der Waals surface area contributed by atoms with Crippen LogP contribution in [-0.2, 0) is 4.79 Å². The molecule has 1 heterocycles. The number of rotatable bonds is 0. The molecule has 1 saturated heterocycles. The minimum atomic E-state index is -0.725. The van der Waals surface area contributed by atoms with Crippen molar-refractivity contribution in [2.45, 2.75) is 19.4 Å². The Morgan fingerprint density at radius 1 is 1.30 bits per heavy atom. The fourth-order valence-electron chi connectivity index (χ4n) is 0.631. The molecule has 1 fully saturated rings. The number of urea groups is 1. The molecule has 0 atom stereocenters. The van der Waals surface area contributed by atoms with Gasteiger partial charge in [-0.1, -0.05) is 0 Å². The van der Waals surface area contributed by atoms with Crippen LogP contribution in [0, 0.1) is 0 Å². The molecule has 1 aliphatic heterocycles. The third kappa shape index (κ3) is 1.24. The summed E-state index contributed by atoms with van der Waals surface area (Å²) in [6, 6.07) is -0.412. The average Bonchev–Trinajstić information content (AvgIpc) is 1.79. The van der Waals surface area contributed by atoms with Crippen molar-refractivity contribution in [1.82, 2.24) is 10.6 Å². The summed E-state index contributed by atoms with van der Waals surface area (Å²) < 4.78 is 0. The van der Waals surface area contributed by atoms with E-state index in [1.807, 2.05) is 0 Å². The molecule has 10 heavy (non-hydrogen) atoms. The van der Waals surface area contributed by atoms with Gasteiger partial charge >= 0.3 is 6.03 Å². The van der Waals surface area contributed by atoms with Crippen LogP contribution in [0.3, 0.4) is 0 Å². The first kappa shape index (κ1) is 8.90. The van der Waals surface area contributed by atoms with Gasteiger partial charge in [0.25, 0.3) is 5.91 Å². The summed E-state index contributed by atoms with van der Waals surface area (Å²) in [5.41, 5.74) is -0.725. The molecule has 0 aromatic rings. The van der Waals surface area contributed by atoms with Gasteiger partial charge in [-0.15, -0.1) is 0 Å². The van der Waals surface area contributed by atoms with Gasteiger partial charge in [-0.2, -0.15) is 0 Å². The van der Waals surface area contributed by atoms with E-state index in [-0.39, 0.29) is 11.4 Å². The molecular formula is C5H10N2O3. The number of amides is 3. The van der Waals surface area contributed by atoms with E-state index in [1.165, 1.54) is 0 Å². The summed E-state index contributed by atoms with van der Waals surface area (Å²) in [5, 5.41) is 4.56. The van der Waals surface area contributed by atoms with Crippen molar-refractivity contribution in [3.8, 4) is 0 Å². The number of carbonyl (C=O) groups is 2. The van der Waals surface area contributed by atoms with E-state index in [1.54, 1.807) is 13.8 Å². The Morgan fingerprint density at radius 3 is 1.90 bits per heavy atom. The van der Waals surface area contributed by atoms with E-state index in [0.717, 1.165) is 0 Å². The van der Waals surface area contributed by atoms with Crippen LogP contribution in [0.25, 0.3) is 0 Å². The molecule has 1 aliphatic rings. The van der Waals surface area contributed by atoms with Gasteiger partial charge < -0.3 is 10.8 Å². The zero-order valence-corrected chi connectivity index (χ0v) is 5.82. The van der Waals surface area contributed by atoms with Crippen molar-refractivity contribution in [1.29, 1.82) is 0 Å². The molecule has 0 saturated carbocycles. The van der Waals surface area contributed by atoms with Crippen molar-refractivity contribution in [2.75, 3.05) is 0 Å². The van der Waals surface area contributed by atoms with Gasteiger partial charge in [0.2, 0.25) is 0 Å². The van der Waals surface area contributed by atoms with Crippen LogP contribution in [0.2, 0.25) is 0 Å². The van der Waals surface area contributed by atoms with Crippen molar-refractivity contribution in [2.24, 2.45) is 0 Å². The summed E-state index contributed by atoms with van der Waals surface area (Å²) in [6.07, 6.45) is 0. The summed E-state index contributed by atoms with van der Waals surface area (Å²) in [5.74, 6) is -0.271. The summed E-state index contributed by atoms with van der Waals surface area (Å²) in [4.78, 5) is 21.1. The first-order valence-corrected chi connectivity index (χ1v) is 2.66. The molecule has 0 spiro atoms. The molecular weight excluding hydrogens is 136 g/mol. The van der Waals surface area contributed by atoms with Crippen LogP contribution < -0.4 is 10.6 Å². The van der Waals surface area contributed by atoms with Crippen LogP contribution >= 0.6 is 0 Å². The Kier molecular flexibility index (Phi) is 2.01. The first-order chi connectivity index (χ1) is 4.02. The third-order valence-electron chi connectivity index (χ3n) is 1.22. The lowest BCUT2D eigenvalue weighted by atomic mass is 10.1. The number of nitrogens with one attached hydrogen (secondary N) is 2. The number of carbonyl (C=O) groups excluding carboxylic acids is 2. The third-order valence-corrected chi connectivity index (χ3v) is 1.22. The minimum absolute atomic E-state index is 0. The number of imide groups is 1. The highest BCUT2D eigenvalue weighted by molar-refractivity contribution is 6.06. The van der Waals surface area contributed by atoms with Gasteiger partial charge in [0.1, 0.15) is 5.54 Å². The summed E-state index contributed by atoms with van der Waals surface area (Å²) in [6.45, 7) is 3.29. The second kappa shape index (κ2) is 2.26. The molecule has 3 amide bonds. The van der Waals surface area contributed by atoms with E-state index in [9.17, 15) is 9.59 Å². The maximum absolute atomic E-state index is 10.7. The van der Waals surface area contributed by atoms with Gasteiger partial charge in [0, 0.05) is 0 Å². The van der Waals surface area contributed by atoms with Gasteiger partial charge in [0.05, 0.1) is 0 Å². The molecule has 0 aromatic heterocycles. The monoisotopic (exact) mass is 146 g/mol. The molecule has 5 heteroatoms. The largest absolute Gasteiger partial charge is 0.412 e. The van der Waals surface area contributed by atoms with Crippen LogP contribution in [0.4, 0.5) is 4.79 Å². The van der Waals surface area contributed by atoms with E-state index in [0.29, 0.717) is 0 Å². The van der Waals surface area contributed by atoms with Crippen LogP contribution in [0.5, 0.6) is 0 Å². The number of hydrogen-bond acceptors (Lipinski definition) is 2. The SMILES string of the molecule is CC1(C)NC(=O)NC1=O.O. The predicted molar refractivity (Wildman–Crippen MR) is 34.4 cm³/mol. The molecule has 1 rings (SSSR count). The second-order valence-corrected chi connectivity index (χ2v) is 2.53. The zero-order chi connectivity index (χ0) is 7.07. The molecule has 4 N–H and O–H groups in total. The maximum atomic E-state index is 10.7. The Labute approximate surface area is 58.1 Å². The smallest absolute Gasteiger partial charge is 0.322 e. The lowest BCUT2D eigenvalue weighted by molar-refractivity contribution is -0.122. The fourth-order valence-corrected chi connectivity index (χ4v) is 0.631. The molecule has 0 aromatic carbocycles. The van der Waals surface area contributed by atoms with Crippen LogP contribution in [-0.4, -0.2) is 23.0 Å². The lowest BCUT2D eigenvalue weighted by Gasteiger charge is -2.11. The Morgan fingerprint density at radius 2 is 1.80 bits per heavy atom. The molecule has 5 nitrogen and oxygen atoms in total. The standard InChI is InChI=1S/C5H8N2O2.H2O/c1-5(2)3(8)6-4(9)7-5;/h1-2H3,(H2,6,7,8,9);1H2. The van der Waals surface area contributed by atoms with Crippen molar-refractivity contribution >= 4 is 11.9 Å². The second-order valence-electron chi connectivity index (χ2n) is 2.53. The van der Waals surface area contributed by atoms with Crippen molar-refractivity contribution in [3.63, 3.8) is 0 Å². The molecule has 0 aliphatic carbocycles. The van der Waals surface area contributed by atoms with Gasteiger partial charge in [-0.25, -0.2) is 4.79 Å². The fraction of sp³-hybridized carbons (Fsp3) is 0.600. The molecule has 0 bridgehead atoms. The van der Waals surface area contributed by atoms with Gasteiger partial charge in [-0.05, 0) is 13.8 Å². The predicted octanol–water partition coefficient (Wildman–Crippen LogP) is -1.22. The highest BCUT2D eigenvalue weighted by Gasteiger charge is 2.36. The Balaban J connectivity index is 0.000000810. The minimum Gasteiger partial charge on any atom is -0.412 e. The van der Waals surface area contributed by atoms with Crippen LogP contribution in [0.1, 0.15) is 13.8 Å². The highest BCUT2D eigenvalue weighted by atomic mass is 16.2. The van der Waals surface area contributed by atoms with Crippen LogP contribution in [0.15, 0.2) is 0 Å². The maximum Gasteiger partial charge on any atom is 0.322 e. The van der Waals surface area contributed by atoms with Crippen molar-refractivity contribution < 1.29 is 15.1 Å².